The lowest BCUT2D eigenvalue weighted by atomic mass is 9.82. The summed E-state index contributed by atoms with van der Waals surface area (Å²) >= 11 is 0. The summed E-state index contributed by atoms with van der Waals surface area (Å²) in [5, 5.41) is 0. The molecule has 0 atom stereocenters. The Morgan fingerprint density at radius 1 is 1.00 bits per heavy atom. The van der Waals surface area contributed by atoms with Gasteiger partial charge in [0.1, 0.15) is 0 Å². The molecule has 0 aromatic carbocycles. The van der Waals surface area contributed by atoms with Gasteiger partial charge < -0.3 is 0 Å². The van der Waals surface area contributed by atoms with Gasteiger partial charge in [0, 0.05) is 5.92 Å². The molecule has 9 heavy (non-hydrogen) atoms. The summed E-state index contributed by atoms with van der Waals surface area (Å²) in [4.78, 5) is 0. The molecular weight excluding hydrogens is 108 g/mol. The molecule has 49 valence electrons. The third-order valence-electron chi connectivity index (χ3n) is 1.53. The van der Waals surface area contributed by atoms with E-state index in [2.05, 4.69) is 45.1 Å². The Balaban J connectivity index is 2.64. The Morgan fingerprint density at radius 2 is 1.44 bits per heavy atom. The van der Waals surface area contributed by atoms with Gasteiger partial charge in [-0.3, -0.25) is 0 Å². The van der Waals surface area contributed by atoms with Crippen LogP contribution in [-0.4, -0.2) is 0 Å². The van der Waals surface area contributed by atoms with Crippen molar-refractivity contribution in [3.05, 3.63) is 30.2 Å². The molecular formula is C9H13. The van der Waals surface area contributed by atoms with Crippen LogP contribution in [0.4, 0.5) is 0 Å². The van der Waals surface area contributed by atoms with Gasteiger partial charge in [-0.2, -0.15) is 0 Å². The van der Waals surface area contributed by atoms with E-state index in [4.69, 9.17) is 0 Å². The van der Waals surface area contributed by atoms with Crippen LogP contribution in [0, 0.1) is 11.3 Å². The molecule has 1 radical (unpaired) electrons. The number of hydrogen-bond donors (Lipinski definition) is 0. The van der Waals surface area contributed by atoms with Crippen LogP contribution in [0.2, 0.25) is 0 Å². The standard InChI is InChI=1S/C9H13/c1-9(2,3)8-6-4-5-7-8/h4-7H,1-3H3. The third kappa shape index (κ3) is 1.44. The van der Waals surface area contributed by atoms with Crippen molar-refractivity contribution in [2.75, 3.05) is 0 Å². The predicted molar refractivity (Wildman–Crippen MR) is 41.0 cm³/mol. The summed E-state index contributed by atoms with van der Waals surface area (Å²) in [6, 6.07) is 0. The third-order valence-corrected chi connectivity index (χ3v) is 1.53. The highest BCUT2D eigenvalue weighted by Crippen LogP contribution is 2.32. The van der Waals surface area contributed by atoms with Crippen LogP contribution in [-0.2, 0) is 0 Å². The summed E-state index contributed by atoms with van der Waals surface area (Å²) in [5.41, 5.74) is 0.323. The lowest BCUT2D eigenvalue weighted by Crippen LogP contribution is -2.12. The minimum absolute atomic E-state index is 0.323. The molecule has 0 unspecified atom stereocenters. The smallest absolute Gasteiger partial charge is 0.0247 e. The summed E-state index contributed by atoms with van der Waals surface area (Å²) in [6.45, 7) is 6.67. The van der Waals surface area contributed by atoms with E-state index in [1.165, 1.54) is 5.92 Å². The van der Waals surface area contributed by atoms with E-state index in [9.17, 15) is 0 Å². The molecule has 0 aromatic rings. The molecule has 0 fully saturated rings. The van der Waals surface area contributed by atoms with E-state index in [0.29, 0.717) is 5.41 Å². The first-order valence-electron chi connectivity index (χ1n) is 3.33. The first-order valence-corrected chi connectivity index (χ1v) is 3.33. The molecule has 0 saturated carbocycles. The maximum absolute atomic E-state index is 2.22. The summed E-state index contributed by atoms with van der Waals surface area (Å²) in [6.07, 6.45) is 8.50. The zero-order chi connectivity index (χ0) is 6.91. The fraction of sp³-hybridized carbons (Fsp3) is 0.444. The summed E-state index contributed by atoms with van der Waals surface area (Å²) in [7, 11) is 0. The van der Waals surface area contributed by atoms with Crippen molar-refractivity contribution in [2.45, 2.75) is 20.8 Å². The molecule has 0 bridgehead atoms. The number of allylic oxidation sites excluding steroid dienone is 4. The largest absolute Gasteiger partial charge is 0.0728 e. The molecule has 1 aliphatic rings. The average molecular weight is 121 g/mol. The van der Waals surface area contributed by atoms with Gasteiger partial charge >= 0.3 is 0 Å². The first kappa shape index (κ1) is 6.60. The Labute approximate surface area is 57.3 Å². The van der Waals surface area contributed by atoms with Gasteiger partial charge in [0.25, 0.3) is 0 Å². The molecule has 1 aliphatic carbocycles. The topological polar surface area (TPSA) is 0 Å². The molecule has 0 amide bonds. The van der Waals surface area contributed by atoms with E-state index in [1.54, 1.807) is 0 Å². The van der Waals surface area contributed by atoms with Crippen molar-refractivity contribution in [2.24, 2.45) is 5.41 Å². The SMILES string of the molecule is CC(C)(C)[C]1C=CC=C1. The summed E-state index contributed by atoms with van der Waals surface area (Å²) in [5.74, 6) is 1.42. The normalized spacial score (nSPS) is 19.4. The number of rotatable bonds is 0. The molecule has 0 nitrogen and oxygen atoms in total. The van der Waals surface area contributed by atoms with Crippen molar-refractivity contribution in [1.29, 1.82) is 0 Å². The van der Waals surface area contributed by atoms with Gasteiger partial charge in [0.15, 0.2) is 0 Å². The van der Waals surface area contributed by atoms with Crippen molar-refractivity contribution in [3.63, 3.8) is 0 Å². The van der Waals surface area contributed by atoms with Crippen molar-refractivity contribution in [1.82, 2.24) is 0 Å². The van der Waals surface area contributed by atoms with Gasteiger partial charge in [-0.05, 0) is 5.41 Å². The van der Waals surface area contributed by atoms with Crippen molar-refractivity contribution >= 4 is 0 Å². The highest BCUT2D eigenvalue weighted by Gasteiger charge is 2.21. The van der Waals surface area contributed by atoms with E-state index in [0.717, 1.165) is 0 Å². The number of hydrogen-bond acceptors (Lipinski definition) is 0. The zero-order valence-electron chi connectivity index (χ0n) is 6.31. The zero-order valence-corrected chi connectivity index (χ0v) is 6.31. The van der Waals surface area contributed by atoms with E-state index in [-0.39, 0.29) is 0 Å². The lowest BCUT2D eigenvalue weighted by molar-refractivity contribution is 0.476. The fourth-order valence-corrected chi connectivity index (χ4v) is 0.874. The highest BCUT2D eigenvalue weighted by atomic mass is 14.2. The molecule has 0 N–H and O–H groups in total. The fourth-order valence-electron chi connectivity index (χ4n) is 0.874. The monoisotopic (exact) mass is 121 g/mol. The van der Waals surface area contributed by atoms with Gasteiger partial charge in [-0.15, -0.1) is 0 Å². The minimum atomic E-state index is 0.323. The molecule has 0 spiro atoms. The highest BCUT2D eigenvalue weighted by molar-refractivity contribution is 5.37. The van der Waals surface area contributed by atoms with Crippen LogP contribution in [0.5, 0.6) is 0 Å². The van der Waals surface area contributed by atoms with Crippen LogP contribution in [0.25, 0.3) is 0 Å². The second-order valence-corrected chi connectivity index (χ2v) is 3.42. The Hall–Kier alpha value is -0.520. The lowest BCUT2D eigenvalue weighted by Gasteiger charge is -2.22. The van der Waals surface area contributed by atoms with E-state index >= 15 is 0 Å². The van der Waals surface area contributed by atoms with E-state index in [1.807, 2.05) is 0 Å². The predicted octanol–water partition coefficient (Wildman–Crippen LogP) is 2.73. The Kier molecular flexibility index (Phi) is 1.48. The minimum Gasteiger partial charge on any atom is -0.0728 e. The van der Waals surface area contributed by atoms with Crippen LogP contribution in [0.1, 0.15) is 20.8 Å². The molecule has 1 rings (SSSR count). The van der Waals surface area contributed by atoms with Crippen LogP contribution < -0.4 is 0 Å². The quantitative estimate of drug-likeness (QED) is 0.462. The van der Waals surface area contributed by atoms with E-state index < -0.39 is 0 Å². The molecule has 0 aliphatic heterocycles. The summed E-state index contributed by atoms with van der Waals surface area (Å²) < 4.78 is 0. The molecule has 0 heteroatoms. The average Bonchev–Trinajstić information content (AvgIpc) is 2.08. The van der Waals surface area contributed by atoms with Gasteiger partial charge in [-0.25, -0.2) is 0 Å². The van der Waals surface area contributed by atoms with Crippen molar-refractivity contribution < 1.29 is 0 Å². The maximum atomic E-state index is 2.22. The van der Waals surface area contributed by atoms with Crippen LogP contribution in [0.3, 0.4) is 0 Å². The maximum Gasteiger partial charge on any atom is 0.0247 e. The van der Waals surface area contributed by atoms with Gasteiger partial charge in [0.2, 0.25) is 0 Å². The van der Waals surface area contributed by atoms with Gasteiger partial charge in [-0.1, -0.05) is 45.1 Å². The second kappa shape index (κ2) is 2.02. The Morgan fingerprint density at radius 3 is 1.67 bits per heavy atom. The first-order chi connectivity index (χ1) is 4.11. The molecule has 0 aromatic heterocycles. The second-order valence-electron chi connectivity index (χ2n) is 3.42. The Bertz CT molecular complexity index is 132. The van der Waals surface area contributed by atoms with Crippen molar-refractivity contribution in [3.8, 4) is 0 Å². The van der Waals surface area contributed by atoms with Gasteiger partial charge in [0.05, 0.1) is 0 Å². The molecule has 0 saturated heterocycles. The van der Waals surface area contributed by atoms with Crippen LogP contribution >= 0.6 is 0 Å². The van der Waals surface area contributed by atoms with Crippen LogP contribution in [0.15, 0.2) is 24.3 Å². The molecule has 0 heterocycles.